The van der Waals surface area contributed by atoms with Crippen molar-refractivity contribution < 1.29 is 18.0 Å². The van der Waals surface area contributed by atoms with E-state index in [-0.39, 0.29) is 6.42 Å². The minimum Gasteiger partial charge on any atom is -0.368 e. The number of alkyl halides is 3. The highest BCUT2D eigenvalue weighted by atomic mass is 19.4. The Morgan fingerprint density at radius 2 is 2.14 bits per heavy atom. The highest BCUT2D eigenvalue weighted by Crippen LogP contribution is 2.26. The number of nitrogen functional groups attached to an aromatic ring is 1. The molecule has 1 aromatic rings. The molecule has 1 rings (SSSR count). The van der Waals surface area contributed by atoms with Crippen LogP contribution in [0.3, 0.4) is 0 Å². The maximum Gasteiger partial charge on any atom is 0.453 e. The zero-order valence-electron chi connectivity index (χ0n) is 7.17. The summed E-state index contributed by atoms with van der Waals surface area (Å²) < 4.78 is 36.6. The van der Waals surface area contributed by atoms with Crippen LogP contribution in [-0.4, -0.2) is 20.7 Å². The molecule has 0 bridgehead atoms. The standard InChI is InChI=1S/C6H7F3N4O/c1-2-3(14)13-5(10)11-4(12-13)6(7,8)9/h2H2,1H3,(H2,10,11,12). The number of carbonyl (C=O) groups is 1. The van der Waals surface area contributed by atoms with Crippen molar-refractivity contribution in [2.45, 2.75) is 19.5 Å². The van der Waals surface area contributed by atoms with Gasteiger partial charge in [0, 0.05) is 6.42 Å². The van der Waals surface area contributed by atoms with E-state index in [0.29, 0.717) is 4.68 Å². The lowest BCUT2D eigenvalue weighted by atomic mass is 10.5. The molecule has 14 heavy (non-hydrogen) atoms. The summed E-state index contributed by atoms with van der Waals surface area (Å²) in [4.78, 5) is 13.9. The Bertz CT molecular complexity index is 356. The van der Waals surface area contributed by atoms with Gasteiger partial charge in [0.25, 0.3) is 5.82 Å². The molecule has 0 aromatic carbocycles. The predicted octanol–water partition coefficient (Wildman–Crippen LogP) is 0.929. The van der Waals surface area contributed by atoms with Gasteiger partial charge in [-0.1, -0.05) is 6.92 Å². The van der Waals surface area contributed by atoms with E-state index in [4.69, 9.17) is 5.73 Å². The number of hydrogen-bond donors (Lipinski definition) is 1. The molecule has 0 unspecified atom stereocenters. The van der Waals surface area contributed by atoms with Crippen molar-refractivity contribution in [3.8, 4) is 0 Å². The Morgan fingerprint density at radius 3 is 2.50 bits per heavy atom. The van der Waals surface area contributed by atoms with Crippen LogP contribution >= 0.6 is 0 Å². The molecule has 1 aromatic heterocycles. The molecule has 0 aliphatic heterocycles. The Kier molecular flexibility index (Phi) is 2.45. The zero-order valence-corrected chi connectivity index (χ0v) is 7.17. The highest BCUT2D eigenvalue weighted by molar-refractivity contribution is 5.79. The van der Waals surface area contributed by atoms with Gasteiger partial charge in [0.2, 0.25) is 11.9 Å². The predicted molar refractivity (Wildman–Crippen MR) is 40.4 cm³/mol. The number of halogens is 3. The number of nitrogens with zero attached hydrogens (tertiary/aromatic N) is 3. The molecule has 0 saturated carbocycles. The van der Waals surface area contributed by atoms with Crippen LogP contribution in [0, 0.1) is 0 Å². The van der Waals surface area contributed by atoms with Gasteiger partial charge in [-0.15, -0.1) is 5.10 Å². The molecule has 8 heteroatoms. The number of hydrogen-bond acceptors (Lipinski definition) is 4. The third-order valence-electron chi connectivity index (χ3n) is 1.42. The molecule has 0 aliphatic carbocycles. The Hall–Kier alpha value is -1.60. The van der Waals surface area contributed by atoms with Gasteiger partial charge in [-0.25, -0.2) is 0 Å². The van der Waals surface area contributed by atoms with Crippen molar-refractivity contribution >= 4 is 11.9 Å². The van der Waals surface area contributed by atoms with Crippen LogP contribution in [0.5, 0.6) is 0 Å². The summed E-state index contributed by atoms with van der Waals surface area (Å²) in [6.45, 7) is 1.48. The number of rotatable bonds is 1. The van der Waals surface area contributed by atoms with E-state index in [1.165, 1.54) is 6.92 Å². The lowest BCUT2D eigenvalue weighted by molar-refractivity contribution is -0.144. The minimum absolute atomic E-state index is 0.00482. The van der Waals surface area contributed by atoms with E-state index in [0.717, 1.165) is 0 Å². The third-order valence-corrected chi connectivity index (χ3v) is 1.42. The van der Waals surface area contributed by atoms with Crippen molar-refractivity contribution in [2.75, 3.05) is 5.73 Å². The first-order chi connectivity index (χ1) is 6.36. The van der Waals surface area contributed by atoms with Crippen LogP contribution < -0.4 is 5.73 Å². The molecule has 2 N–H and O–H groups in total. The van der Waals surface area contributed by atoms with Gasteiger partial charge in [-0.05, 0) is 0 Å². The molecular weight excluding hydrogens is 201 g/mol. The van der Waals surface area contributed by atoms with Crippen molar-refractivity contribution in [3.05, 3.63) is 5.82 Å². The molecule has 1 heterocycles. The molecule has 0 fully saturated rings. The van der Waals surface area contributed by atoms with Crippen molar-refractivity contribution in [3.63, 3.8) is 0 Å². The van der Waals surface area contributed by atoms with Crippen LogP contribution in [0.4, 0.5) is 19.1 Å². The largest absolute Gasteiger partial charge is 0.453 e. The molecule has 0 spiro atoms. The third kappa shape index (κ3) is 1.83. The molecule has 5 nitrogen and oxygen atoms in total. The van der Waals surface area contributed by atoms with Crippen LogP contribution in [0.1, 0.15) is 24.0 Å². The first-order valence-electron chi connectivity index (χ1n) is 3.69. The fourth-order valence-corrected chi connectivity index (χ4v) is 0.778. The Labute approximate surface area is 76.7 Å². The van der Waals surface area contributed by atoms with E-state index in [1.807, 2.05) is 0 Å². The van der Waals surface area contributed by atoms with Crippen molar-refractivity contribution in [1.29, 1.82) is 0 Å². The fourth-order valence-electron chi connectivity index (χ4n) is 0.778. The van der Waals surface area contributed by atoms with E-state index in [1.54, 1.807) is 0 Å². The Morgan fingerprint density at radius 1 is 1.57 bits per heavy atom. The monoisotopic (exact) mass is 208 g/mol. The molecule has 0 atom stereocenters. The molecule has 0 radical (unpaired) electrons. The lowest BCUT2D eigenvalue weighted by Gasteiger charge is -1.98. The SMILES string of the molecule is CCC(=O)n1nc(C(F)(F)F)nc1N. The summed E-state index contributed by atoms with van der Waals surface area (Å²) in [6, 6.07) is 0. The van der Waals surface area contributed by atoms with Gasteiger partial charge in [0.05, 0.1) is 0 Å². The molecule has 0 saturated heterocycles. The second-order valence-corrected chi connectivity index (χ2v) is 2.45. The summed E-state index contributed by atoms with van der Waals surface area (Å²) in [5.74, 6) is -2.59. The van der Waals surface area contributed by atoms with E-state index in [2.05, 4.69) is 10.1 Å². The summed E-state index contributed by atoms with van der Waals surface area (Å²) >= 11 is 0. The number of carbonyl (C=O) groups excluding carboxylic acids is 1. The minimum atomic E-state index is -4.69. The smallest absolute Gasteiger partial charge is 0.368 e. The van der Waals surface area contributed by atoms with Crippen molar-refractivity contribution in [2.24, 2.45) is 0 Å². The number of nitrogens with two attached hydrogens (primary N) is 1. The average molecular weight is 208 g/mol. The summed E-state index contributed by atoms with van der Waals surface area (Å²) in [7, 11) is 0. The van der Waals surface area contributed by atoms with Gasteiger partial charge in [-0.3, -0.25) is 4.79 Å². The topological polar surface area (TPSA) is 73.8 Å². The fraction of sp³-hybridized carbons (Fsp3) is 0.500. The van der Waals surface area contributed by atoms with Gasteiger partial charge >= 0.3 is 6.18 Å². The maximum absolute atomic E-state index is 12.0. The molecule has 78 valence electrons. The summed E-state index contributed by atoms with van der Waals surface area (Å²) in [6.07, 6.45) is -4.68. The lowest BCUT2D eigenvalue weighted by Crippen LogP contribution is -2.15. The maximum atomic E-state index is 12.0. The van der Waals surface area contributed by atoms with E-state index in [9.17, 15) is 18.0 Å². The van der Waals surface area contributed by atoms with Crippen LogP contribution in [0.2, 0.25) is 0 Å². The van der Waals surface area contributed by atoms with Gasteiger partial charge in [0.1, 0.15) is 0 Å². The second-order valence-electron chi connectivity index (χ2n) is 2.45. The summed E-state index contributed by atoms with van der Waals surface area (Å²) in [5, 5.41) is 2.96. The highest BCUT2D eigenvalue weighted by Gasteiger charge is 2.37. The zero-order chi connectivity index (χ0) is 10.9. The van der Waals surface area contributed by atoms with Crippen LogP contribution in [0.15, 0.2) is 0 Å². The molecule has 0 aliphatic rings. The summed E-state index contributed by atoms with van der Waals surface area (Å²) in [5.41, 5.74) is 5.08. The quantitative estimate of drug-likeness (QED) is 0.744. The van der Waals surface area contributed by atoms with Gasteiger partial charge in [0.15, 0.2) is 0 Å². The normalized spacial score (nSPS) is 11.7. The first-order valence-corrected chi connectivity index (χ1v) is 3.69. The Balaban J connectivity index is 3.12. The van der Waals surface area contributed by atoms with Gasteiger partial charge in [-0.2, -0.15) is 22.8 Å². The van der Waals surface area contributed by atoms with Crippen molar-refractivity contribution in [1.82, 2.24) is 14.8 Å². The number of anilines is 1. The number of aromatic nitrogens is 3. The molecular formula is C6H7F3N4O. The van der Waals surface area contributed by atoms with E-state index < -0.39 is 23.9 Å². The second kappa shape index (κ2) is 3.28. The van der Waals surface area contributed by atoms with E-state index >= 15 is 0 Å². The molecule has 0 amide bonds. The average Bonchev–Trinajstić information content (AvgIpc) is 2.45. The van der Waals surface area contributed by atoms with Crippen LogP contribution in [0.25, 0.3) is 0 Å². The van der Waals surface area contributed by atoms with Crippen LogP contribution in [-0.2, 0) is 6.18 Å². The first kappa shape index (κ1) is 10.5. The van der Waals surface area contributed by atoms with Gasteiger partial charge < -0.3 is 5.73 Å².